The number of benzene rings is 2. The maximum Gasteiger partial charge on any atom is 0.471 e. The van der Waals surface area contributed by atoms with E-state index in [-0.39, 0.29) is 17.0 Å². The maximum atomic E-state index is 12.6. The van der Waals surface area contributed by atoms with Crippen LogP contribution >= 0.6 is 11.8 Å². The van der Waals surface area contributed by atoms with Crippen LogP contribution in [-0.2, 0) is 6.18 Å². The topological polar surface area (TPSA) is 59.2 Å². The molecule has 0 radical (unpaired) electrons. The molecule has 29 heavy (non-hydrogen) atoms. The maximum absolute atomic E-state index is 12.6. The number of hydrogen-bond donors (Lipinski definition) is 0. The molecule has 0 saturated carbocycles. The highest BCUT2D eigenvalue weighted by atomic mass is 32.2. The van der Waals surface area contributed by atoms with Gasteiger partial charge in [0.25, 0.3) is 5.91 Å². The molecule has 1 aliphatic rings. The average Bonchev–Trinajstić information content (AvgIpc) is 3.38. The third kappa shape index (κ3) is 4.45. The molecule has 5 nitrogen and oxygen atoms in total. The van der Waals surface area contributed by atoms with Gasteiger partial charge in [0, 0.05) is 34.4 Å². The van der Waals surface area contributed by atoms with Crippen LogP contribution < -0.4 is 0 Å². The summed E-state index contributed by atoms with van der Waals surface area (Å²) in [5, 5.41) is 3.65. The summed E-state index contributed by atoms with van der Waals surface area (Å²) in [5.41, 5.74) is 1.13. The zero-order valence-electron chi connectivity index (χ0n) is 15.1. The van der Waals surface area contributed by atoms with Crippen molar-refractivity contribution >= 4 is 17.7 Å². The van der Waals surface area contributed by atoms with Crippen LogP contribution in [0, 0.1) is 0 Å². The van der Waals surface area contributed by atoms with Gasteiger partial charge in [-0.05, 0) is 42.8 Å². The van der Waals surface area contributed by atoms with E-state index in [9.17, 15) is 18.0 Å². The van der Waals surface area contributed by atoms with Crippen molar-refractivity contribution in [2.75, 3.05) is 13.1 Å². The molecule has 1 unspecified atom stereocenters. The number of halogens is 3. The van der Waals surface area contributed by atoms with E-state index >= 15 is 0 Å². The summed E-state index contributed by atoms with van der Waals surface area (Å²) in [4.78, 5) is 18.7. The van der Waals surface area contributed by atoms with E-state index in [1.165, 1.54) is 0 Å². The first-order valence-corrected chi connectivity index (χ1v) is 9.80. The largest absolute Gasteiger partial charge is 0.471 e. The molecule has 1 saturated heterocycles. The highest BCUT2D eigenvalue weighted by molar-refractivity contribution is 8.00. The third-order valence-electron chi connectivity index (χ3n) is 4.54. The fraction of sp³-hybridized carbons (Fsp3) is 0.250. The molecule has 9 heteroatoms. The van der Waals surface area contributed by atoms with Gasteiger partial charge in [-0.25, -0.2) is 0 Å². The predicted molar refractivity (Wildman–Crippen MR) is 101 cm³/mol. The fourth-order valence-corrected chi connectivity index (χ4v) is 4.26. The molecule has 2 aromatic carbocycles. The standard InChI is InChI=1S/C20H16F3N3O2S/c21-20(22,23)19-24-17(25-28-19)13-6-8-15(9-7-13)29-16-10-11-26(12-16)18(27)14-4-2-1-3-5-14/h1-9,16H,10-12H2. The first kappa shape index (κ1) is 19.5. The van der Waals surface area contributed by atoms with E-state index in [1.54, 1.807) is 23.9 Å². The van der Waals surface area contributed by atoms with Crippen LogP contribution in [0.15, 0.2) is 64.0 Å². The van der Waals surface area contributed by atoms with E-state index in [2.05, 4.69) is 14.7 Å². The number of likely N-dealkylation sites (tertiary alicyclic amines) is 1. The fourth-order valence-electron chi connectivity index (χ4n) is 3.10. The number of rotatable bonds is 4. The van der Waals surface area contributed by atoms with Crippen LogP contribution in [-0.4, -0.2) is 39.3 Å². The van der Waals surface area contributed by atoms with Crippen molar-refractivity contribution in [3.63, 3.8) is 0 Å². The van der Waals surface area contributed by atoms with Gasteiger partial charge in [0.1, 0.15) is 0 Å². The molecule has 2 heterocycles. The normalized spacial score (nSPS) is 16.9. The molecule has 0 bridgehead atoms. The molecule has 1 amide bonds. The minimum absolute atomic E-state index is 0.0293. The lowest BCUT2D eigenvalue weighted by molar-refractivity contribution is -0.159. The Kier molecular flexibility index (Phi) is 5.31. The number of thioether (sulfide) groups is 1. The highest BCUT2D eigenvalue weighted by Gasteiger charge is 2.38. The zero-order valence-corrected chi connectivity index (χ0v) is 15.9. The molecule has 1 aliphatic heterocycles. The van der Waals surface area contributed by atoms with E-state index in [0.717, 1.165) is 11.3 Å². The molecule has 4 rings (SSSR count). The lowest BCUT2D eigenvalue weighted by Gasteiger charge is -2.16. The SMILES string of the molecule is O=C(c1ccccc1)N1CCC(Sc2ccc(-c3noc(C(F)(F)F)n3)cc2)C1. The van der Waals surface area contributed by atoms with Crippen LogP contribution in [0.3, 0.4) is 0 Å². The lowest BCUT2D eigenvalue weighted by Crippen LogP contribution is -2.28. The Bertz CT molecular complexity index is 990. The van der Waals surface area contributed by atoms with Crippen molar-refractivity contribution in [1.82, 2.24) is 15.0 Å². The minimum Gasteiger partial charge on any atom is -0.337 e. The molecule has 0 aliphatic carbocycles. The van der Waals surface area contributed by atoms with Gasteiger partial charge in [0.15, 0.2) is 0 Å². The van der Waals surface area contributed by atoms with Crippen molar-refractivity contribution in [2.24, 2.45) is 0 Å². The minimum atomic E-state index is -4.66. The zero-order chi connectivity index (χ0) is 20.4. The molecule has 0 spiro atoms. The van der Waals surface area contributed by atoms with Crippen LogP contribution in [0.1, 0.15) is 22.7 Å². The van der Waals surface area contributed by atoms with Gasteiger partial charge < -0.3 is 9.42 Å². The Hall–Kier alpha value is -2.81. The van der Waals surface area contributed by atoms with E-state index < -0.39 is 12.1 Å². The van der Waals surface area contributed by atoms with Crippen molar-refractivity contribution in [3.8, 4) is 11.4 Å². The molecule has 3 aromatic rings. The first-order valence-electron chi connectivity index (χ1n) is 8.92. The summed E-state index contributed by atoms with van der Waals surface area (Å²) in [6.45, 7) is 1.35. The van der Waals surface area contributed by atoms with Gasteiger partial charge in [0.2, 0.25) is 5.82 Å². The molecular formula is C20H16F3N3O2S. The van der Waals surface area contributed by atoms with Gasteiger partial charge in [-0.3, -0.25) is 4.79 Å². The number of hydrogen-bond acceptors (Lipinski definition) is 5. The van der Waals surface area contributed by atoms with Gasteiger partial charge in [-0.2, -0.15) is 18.2 Å². The van der Waals surface area contributed by atoms with Gasteiger partial charge in [0.05, 0.1) is 0 Å². The van der Waals surface area contributed by atoms with Gasteiger partial charge in [-0.15, -0.1) is 11.8 Å². The molecule has 0 N–H and O–H groups in total. The van der Waals surface area contributed by atoms with Crippen molar-refractivity contribution < 1.29 is 22.5 Å². The Morgan fingerprint density at radius 2 is 1.83 bits per heavy atom. The number of aromatic nitrogens is 2. The van der Waals surface area contributed by atoms with Crippen molar-refractivity contribution in [2.45, 2.75) is 22.7 Å². The van der Waals surface area contributed by atoms with Crippen LogP contribution in [0.5, 0.6) is 0 Å². The Morgan fingerprint density at radius 3 is 2.48 bits per heavy atom. The quantitative estimate of drug-likeness (QED) is 0.610. The number of amides is 1. The van der Waals surface area contributed by atoms with E-state index in [1.807, 2.05) is 47.4 Å². The third-order valence-corrected chi connectivity index (χ3v) is 5.80. The second-order valence-corrected chi connectivity index (χ2v) is 7.96. The number of carbonyl (C=O) groups excluding carboxylic acids is 1. The summed E-state index contributed by atoms with van der Waals surface area (Å²) >= 11 is 1.64. The van der Waals surface area contributed by atoms with Gasteiger partial charge >= 0.3 is 12.1 Å². The number of alkyl halides is 3. The Morgan fingerprint density at radius 1 is 1.10 bits per heavy atom. The smallest absolute Gasteiger partial charge is 0.337 e. The van der Waals surface area contributed by atoms with Crippen LogP contribution in [0.25, 0.3) is 11.4 Å². The van der Waals surface area contributed by atoms with Crippen molar-refractivity contribution in [3.05, 3.63) is 66.1 Å². The summed E-state index contributed by atoms with van der Waals surface area (Å²) < 4.78 is 42.0. The summed E-state index contributed by atoms with van der Waals surface area (Å²) in [5.74, 6) is -1.43. The molecular weight excluding hydrogens is 403 g/mol. The Labute approximate surface area is 168 Å². The van der Waals surface area contributed by atoms with Gasteiger partial charge in [-0.1, -0.05) is 23.4 Å². The molecule has 1 fully saturated rings. The monoisotopic (exact) mass is 419 g/mol. The van der Waals surface area contributed by atoms with Crippen molar-refractivity contribution in [1.29, 1.82) is 0 Å². The second kappa shape index (κ2) is 7.90. The lowest BCUT2D eigenvalue weighted by atomic mass is 10.2. The molecule has 1 atom stereocenters. The summed E-state index contributed by atoms with van der Waals surface area (Å²) in [6.07, 6.45) is -3.78. The average molecular weight is 419 g/mol. The van der Waals surface area contributed by atoms with Crippen LogP contribution in [0.4, 0.5) is 13.2 Å². The summed E-state index contributed by atoms with van der Waals surface area (Å²) in [6, 6.07) is 16.1. The Balaban J connectivity index is 1.37. The number of carbonyl (C=O) groups is 1. The second-order valence-electron chi connectivity index (χ2n) is 6.59. The number of nitrogens with zero attached hydrogens (tertiary/aromatic N) is 3. The van der Waals surface area contributed by atoms with Crippen LogP contribution in [0.2, 0.25) is 0 Å². The van der Waals surface area contributed by atoms with E-state index in [0.29, 0.717) is 24.2 Å². The predicted octanol–water partition coefficient (Wildman–Crippen LogP) is 4.76. The molecule has 1 aromatic heterocycles. The van der Waals surface area contributed by atoms with E-state index in [4.69, 9.17) is 0 Å². The highest BCUT2D eigenvalue weighted by Crippen LogP contribution is 2.33. The summed E-state index contributed by atoms with van der Waals surface area (Å²) in [7, 11) is 0. The molecule has 150 valence electrons. The first-order chi connectivity index (χ1) is 13.9.